The minimum absolute atomic E-state index is 0. The van der Waals surface area contributed by atoms with Crippen LogP contribution in [0.25, 0.3) is 0 Å². The second-order valence-electron chi connectivity index (χ2n) is 2.40. The van der Waals surface area contributed by atoms with Gasteiger partial charge in [0.25, 0.3) is 0 Å². The Balaban J connectivity index is 0.00000144. The fraction of sp³-hybridized carbons (Fsp3) is 0.375. The van der Waals surface area contributed by atoms with E-state index < -0.39 is 0 Å². The molecule has 0 radical (unpaired) electrons. The van der Waals surface area contributed by atoms with Crippen LogP contribution >= 0.6 is 23.7 Å². The molecule has 1 aromatic rings. The number of halogens is 1. The molecule has 0 spiro atoms. The van der Waals surface area contributed by atoms with Crippen LogP contribution in [-0.2, 0) is 9.53 Å². The molecule has 1 atom stereocenters. The summed E-state index contributed by atoms with van der Waals surface area (Å²) in [5.41, 5.74) is 5.73. The number of rotatable bonds is 3. The molecule has 0 fully saturated rings. The summed E-state index contributed by atoms with van der Waals surface area (Å²) in [7, 11) is 1.36. The molecule has 3 nitrogen and oxygen atoms in total. The summed E-state index contributed by atoms with van der Waals surface area (Å²) in [5.74, 6) is -0.268. The van der Waals surface area contributed by atoms with Crippen molar-refractivity contribution in [1.82, 2.24) is 0 Å². The van der Waals surface area contributed by atoms with Gasteiger partial charge in [-0.2, -0.15) is 0 Å². The van der Waals surface area contributed by atoms with E-state index in [9.17, 15) is 4.79 Å². The molecule has 1 heterocycles. The third kappa shape index (κ3) is 3.76. The van der Waals surface area contributed by atoms with E-state index in [0.717, 1.165) is 4.88 Å². The van der Waals surface area contributed by atoms with Gasteiger partial charge >= 0.3 is 5.97 Å². The minimum atomic E-state index is -0.268. The Morgan fingerprint density at radius 2 is 2.46 bits per heavy atom. The van der Waals surface area contributed by atoms with Crippen LogP contribution in [0.3, 0.4) is 0 Å². The topological polar surface area (TPSA) is 52.3 Å². The number of ether oxygens (including phenoxy) is 1. The zero-order valence-corrected chi connectivity index (χ0v) is 8.86. The fourth-order valence-corrected chi connectivity index (χ4v) is 1.60. The second kappa shape index (κ2) is 5.96. The van der Waals surface area contributed by atoms with Gasteiger partial charge in [0.05, 0.1) is 13.5 Å². The van der Waals surface area contributed by atoms with E-state index in [0.29, 0.717) is 0 Å². The van der Waals surface area contributed by atoms with Gasteiger partial charge in [-0.3, -0.25) is 4.79 Å². The molecule has 0 saturated heterocycles. The van der Waals surface area contributed by atoms with Gasteiger partial charge in [0, 0.05) is 10.9 Å². The third-order valence-corrected chi connectivity index (χ3v) is 2.53. The highest BCUT2D eigenvalue weighted by Crippen LogP contribution is 2.19. The first-order chi connectivity index (χ1) is 5.74. The van der Waals surface area contributed by atoms with Crippen molar-refractivity contribution >= 4 is 29.7 Å². The van der Waals surface area contributed by atoms with Gasteiger partial charge in [-0.25, -0.2) is 0 Å². The van der Waals surface area contributed by atoms with Crippen LogP contribution in [0.15, 0.2) is 17.5 Å². The molecule has 1 aromatic heterocycles. The van der Waals surface area contributed by atoms with E-state index in [-0.39, 0.29) is 30.8 Å². The molecule has 0 aromatic carbocycles. The van der Waals surface area contributed by atoms with Crippen molar-refractivity contribution in [2.75, 3.05) is 7.11 Å². The lowest BCUT2D eigenvalue weighted by atomic mass is 10.2. The number of methoxy groups -OCH3 is 1. The average molecular weight is 222 g/mol. The van der Waals surface area contributed by atoms with E-state index in [2.05, 4.69) is 4.74 Å². The van der Waals surface area contributed by atoms with Crippen molar-refractivity contribution in [2.24, 2.45) is 5.73 Å². The molecular formula is C8H12ClNO2S. The molecule has 0 saturated carbocycles. The molecule has 5 heteroatoms. The molecule has 0 amide bonds. The van der Waals surface area contributed by atoms with E-state index in [4.69, 9.17) is 5.73 Å². The molecule has 0 aliphatic heterocycles. The van der Waals surface area contributed by atoms with E-state index in [1.54, 1.807) is 11.3 Å². The largest absolute Gasteiger partial charge is 0.469 e. The number of hydrogen-bond donors (Lipinski definition) is 1. The maximum atomic E-state index is 10.8. The summed E-state index contributed by atoms with van der Waals surface area (Å²) in [4.78, 5) is 11.8. The third-order valence-electron chi connectivity index (χ3n) is 1.52. The second-order valence-corrected chi connectivity index (χ2v) is 3.38. The first-order valence-corrected chi connectivity index (χ1v) is 4.48. The monoisotopic (exact) mass is 221 g/mol. The molecular weight excluding hydrogens is 210 g/mol. The summed E-state index contributed by atoms with van der Waals surface area (Å²) in [6.45, 7) is 0. The average Bonchev–Trinajstić information content (AvgIpc) is 2.56. The molecule has 0 aliphatic carbocycles. The Kier molecular flexibility index (Phi) is 5.70. The van der Waals surface area contributed by atoms with Gasteiger partial charge in [-0.05, 0) is 11.4 Å². The molecule has 13 heavy (non-hydrogen) atoms. The molecule has 1 rings (SSSR count). The molecule has 2 N–H and O–H groups in total. The Morgan fingerprint density at radius 3 is 2.92 bits per heavy atom. The van der Waals surface area contributed by atoms with Gasteiger partial charge < -0.3 is 10.5 Å². The van der Waals surface area contributed by atoms with Crippen molar-refractivity contribution in [3.05, 3.63) is 22.4 Å². The van der Waals surface area contributed by atoms with Crippen LogP contribution in [0.1, 0.15) is 17.3 Å². The number of carbonyl (C=O) groups excluding carboxylic acids is 1. The molecule has 0 aliphatic rings. The van der Waals surface area contributed by atoms with Crippen LogP contribution in [0, 0.1) is 0 Å². The highest BCUT2D eigenvalue weighted by Gasteiger charge is 2.11. The van der Waals surface area contributed by atoms with E-state index in [1.807, 2.05) is 17.5 Å². The summed E-state index contributed by atoms with van der Waals surface area (Å²) in [6.07, 6.45) is 0.247. The Morgan fingerprint density at radius 1 is 1.77 bits per heavy atom. The molecule has 0 bridgehead atoms. The van der Waals surface area contributed by atoms with Gasteiger partial charge in [-0.1, -0.05) is 6.07 Å². The van der Waals surface area contributed by atoms with Crippen LogP contribution in [0.5, 0.6) is 0 Å². The lowest BCUT2D eigenvalue weighted by molar-refractivity contribution is -0.141. The van der Waals surface area contributed by atoms with Crippen LogP contribution in [0.2, 0.25) is 0 Å². The summed E-state index contributed by atoms with van der Waals surface area (Å²) in [6, 6.07) is 3.60. The van der Waals surface area contributed by atoms with Crippen molar-refractivity contribution in [3.63, 3.8) is 0 Å². The van der Waals surface area contributed by atoms with Crippen LogP contribution in [-0.4, -0.2) is 13.1 Å². The zero-order valence-electron chi connectivity index (χ0n) is 7.23. The number of esters is 1. The summed E-state index contributed by atoms with van der Waals surface area (Å²) >= 11 is 1.55. The van der Waals surface area contributed by atoms with Crippen molar-refractivity contribution in [1.29, 1.82) is 0 Å². The number of hydrogen-bond acceptors (Lipinski definition) is 4. The van der Waals surface area contributed by atoms with Crippen molar-refractivity contribution < 1.29 is 9.53 Å². The lowest BCUT2D eigenvalue weighted by Crippen LogP contribution is -2.14. The van der Waals surface area contributed by atoms with Gasteiger partial charge in [0.15, 0.2) is 0 Å². The highest BCUT2D eigenvalue weighted by atomic mass is 35.5. The van der Waals surface area contributed by atoms with Crippen molar-refractivity contribution in [3.8, 4) is 0 Å². The van der Waals surface area contributed by atoms with Crippen LogP contribution < -0.4 is 5.73 Å². The van der Waals surface area contributed by atoms with Crippen LogP contribution in [0.4, 0.5) is 0 Å². The summed E-state index contributed by atoms with van der Waals surface area (Å²) in [5, 5.41) is 1.94. The van der Waals surface area contributed by atoms with Gasteiger partial charge in [-0.15, -0.1) is 23.7 Å². The van der Waals surface area contributed by atoms with Crippen molar-refractivity contribution in [2.45, 2.75) is 12.5 Å². The maximum Gasteiger partial charge on any atom is 0.307 e. The Bertz CT molecular complexity index is 251. The highest BCUT2D eigenvalue weighted by molar-refractivity contribution is 7.10. The first kappa shape index (κ1) is 12.4. The summed E-state index contributed by atoms with van der Waals surface area (Å²) < 4.78 is 4.50. The van der Waals surface area contributed by atoms with Gasteiger partial charge in [0.2, 0.25) is 0 Å². The normalized spacial score (nSPS) is 11.5. The predicted octanol–water partition coefficient (Wildman–Crippen LogP) is 1.73. The molecule has 0 unspecified atom stereocenters. The fourth-order valence-electron chi connectivity index (χ4n) is 0.866. The molecule has 74 valence electrons. The SMILES string of the molecule is COC(=O)C[C@H](N)c1cccs1.Cl. The van der Waals surface area contributed by atoms with E-state index >= 15 is 0 Å². The van der Waals surface area contributed by atoms with Gasteiger partial charge in [0.1, 0.15) is 0 Å². The lowest BCUT2D eigenvalue weighted by Gasteiger charge is -2.06. The Hall–Kier alpha value is -0.580. The number of nitrogens with two attached hydrogens (primary N) is 1. The quantitative estimate of drug-likeness (QED) is 0.791. The Labute approximate surface area is 87.3 Å². The smallest absolute Gasteiger partial charge is 0.307 e. The van der Waals surface area contributed by atoms with E-state index in [1.165, 1.54) is 7.11 Å². The first-order valence-electron chi connectivity index (χ1n) is 3.60. The number of thiophene rings is 1. The minimum Gasteiger partial charge on any atom is -0.469 e. The predicted molar refractivity (Wildman–Crippen MR) is 55.1 cm³/mol. The zero-order chi connectivity index (χ0) is 8.97. The standard InChI is InChI=1S/C8H11NO2S.ClH/c1-11-8(10)5-6(9)7-3-2-4-12-7;/h2-4,6H,5,9H2,1H3;1H/t6-;/m0./s1. The number of carbonyl (C=O) groups is 1. The maximum absolute atomic E-state index is 10.8.